The highest BCUT2D eigenvalue weighted by molar-refractivity contribution is 7.15. The summed E-state index contributed by atoms with van der Waals surface area (Å²) in [5.74, 6) is 0.260. The zero-order valence-electron chi connectivity index (χ0n) is 28.6. The van der Waals surface area contributed by atoms with E-state index in [4.69, 9.17) is 4.98 Å². The predicted octanol–water partition coefficient (Wildman–Crippen LogP) is 9.56. The first-order chi connectivity index (χ1) is 24.5. The normalized spacial score (nSPS) is 11.0. The predicted molar refractivity (Wildman–Crippen MR) is 206 cm³/mol. The zero-order valence-corrected chi connectivity index (χ0v) is 30.3. The lowest BCUT2D eigenvalue weighted by Crippen LogP contribution is -2.32. The molecule has 8 heteroatoms. The second-order valence-corrected chi connectivity index (χ2v) is 14.4. The summed E-state index contributed by atoms with van der Waals surface area (Å²) in [7, 11) is 0. The second kappa shape index (κ2) is 17.1. The van der Waals surface area contributed by atoms with Gasteiger partial charge in [0.1, 0.15) is 10.0 Å². The molecule has 50 heavy (non-hydrogen) atoms. The van der Waals surface area contributed by atoms with Crippen molar-refractivity contribution >= 4 is 34.5 Å². The minimum Gasteiger partial charge on any atom is -0.336 e. The SMILES string of the molecule is CCCN(Cc1nc(-c2ccc(-c3ccc(-c4cnc(CN(CCC)C(=O)Cc5ccccc5)s4)cc3)cc2)cs1)C(=O)Cc1ccccc1. The second-order valence-electron chi connectivity index (χ2n) is 12.4. The maximum absolute atomic E-state index is 13.1. The van der Waals surface area contributed by atoms with Crippen molar-refractivity contribution in [3.63, 3.8) is 0 Å². The van der Waals surface area contributed by atoms with Crippen molar-refractivity contribution in [1.82, 2.24) is 19.8 Å². The van der Waals surface area contributed by atoms with Gasteiger partial charge in [-0.3, -0.25) is 9.59 Å². The molecule has 6 rings (SSSR count). The van der Waals surface area contributed by atoms with E-state index in [1.165, 1.54) is 0 Å². The largest absolute Gasteiger partial charge is 0.336 e. The van der Waals surface area contributed by atoms with Crippen LogP contribution < -0.4 is 0 Å². The highest BCUT2D eigenvalue weighted by atomic mass is 32.1. The van der Waals surface area contributed by atoms with Crippen LogP contribution >= 0.6 is 22.7 Å². The highest BCUT2D eigenvalue weighted by Gasteiger charge is 2.18. The average molecular weight is 699 g/mol. The molecule has 0 aliphatic carbocycles. The van der Waals surface area contributed by atoms with Gasteiger partial charge in [0.05, 0.1) is 36.5 Å². The standard InChI is InChI=1S/C42H42N4O2S2/c1-3-23-45(41(47)25-31-11-7-5-8-12-31)28-39-43-27-38(50-39)36-21-17-34(18-22-36)33-15-19-35(20-16-33)37-30-49-40(44-37)29-46(24-4-2)42(48)26-32-13-9-6-10-14-32/h5-22,27,30H,3-4,23-26,28-29H2,1-2H3. The Kier molecular flexibility index (Phi) is 12.0. The number of thiazole rings is 2. The minimum absolute atomic E-state index is 0.130. The number of carbonyl (C=O) groups is 2. The van der Waals surface area contributed by atoms with E-state index in [0.29, 0.717) is 39.0 Å². The van der Waals surface area contributed by atoms with Gasteiger partial charge in [-0.25, -0.2) is 9.97 Å². The molecule has 0 radical (unpaired) electrons. The Balaban J connectivity index is 1.06. The average Bonchev–Trinajstić information content (AvgIpc) is 3.82. The molecule has 4 aromatic carbocycles. The maximum Gasteiger partial charge on any atom is 0.227 e. The number of benzene rings is 4. The quantitative estimate of drug-likeness (QED) is 0.107. The fraction of sp³-hybridized carbons (Fsp3) is 0.238. The third-order valence-corrected chi connectivity index (χ3v) is 10.4. The van der Waals surface area contributed by atoms with Crippen LogP contribution in [0.15, 0.2) is 121 Å². The third kappa shape index (κ3) is 9.20. The monoisotopic (exact) mass is 698 g/mol. The molecule has 2 aromatic heterocycles. The summed E-state index contributed by atoms with van der Waals surface area (Å²) in [6, 6.07) is 36.9. The smallest absolute Gasteiger partial charge is 0.227 e. The summed E-state index contributed by atoms with van der Waals surface area (Å²) in [5.41, 5.74) is 7.43. The van der Waals surface area contributed by atoms with Gasteiger partial charge in [0.15, 0.2) is 0 Å². The molecule has 0 saturated carbocycles. The molecule has 6 aromatic rings. The fourth-order valence-corrected chi connectivity index (χ4v) is 7.66. The molecule has 0 unspecified atom stereocenters. The number of rotatable bonds is 15. The van der Waals surface area contributed by atoms with Gasteiger partial charge in [-0.15, -0.1) is 22.7 Å². The van der Waals surface area contributed by atoms with E-state index in [1.807, 2.05) is 76.7 Å². The lowest BCUT2D eigenvalue weighted by molar-refractivity contribution is -0.131. The number of hydrogen-bond donors (Lipinski definition) is 0. The summed E-state index contributed by atoms with van der Waals surface area (Å²) in [4.78, 5) is 40.7. The molecule has 0 aliphatic heterocycles. The van der Waals surface area contributed by atoms with Gasteiger partial charge in [-0.05, 0) is 40.7 Å². The van der Waals surface area contributed by atoms with Gasteiger partial charge in [0, 0.05) is 30.2 Å². The van der Waals surface area contributed by atoms with Crippen molar-refractivity contribution in [3.05, 3.63) is 142 Å². The van der Waals surface area contributed by atoms with Crippen LogP contribution in [0, 0.1) is 0 Å². The van der Waals surface area contributed by atoms with Gasteiger partial charge in [0.2, 0.25) is 11.8 Å². The first kappa shape index (κ1) is 34.9. The Morgan fingerprint density at radius 1 is 0.600 bits per heavy atom. The molecule has 0 spiro atoms. The Bertz CT molecular complexity index is 1820. The van der Waals surface area contributed by atoms with Crippen LogP contribution in [0.3, 0.4) is 0 Å². The Labute approximate surface area is 303 Å². The molecule has 0 N–H and O–H groups in total. The van der Waals surface area contributed by atoms with E-state index in [1.54, 1.807) is 22.7 Å². The van der Waals surface area contributed by atoms with Crippen molar-refractivity contribution in [2.75, 3.05) is 13.1 Å². The lowest BCUT2D eigenvalue weighted by Gasteiger charge is -2.21. The highest BCUT2D eigenvalue weighted by Crippen LogP contribution is 2.31. The number of amides is 2. The molecule has 0 aliphatic rings. The van der Waals surface area contributed by atoms with Gasteiger partial charge in [0.25, 0.3) is 0 Å². The Morgan fingerprint density at radius 3 is 1.60 bits per heavy atom. The van der Waals surface area contributed by atoms with E-state index in [2.05, 4.69) is 72.7 Å². The summed E-state index contributed by atoms with van der Waals surface area (Å²) in [6.45, 7) is 6.68. The molecule has 0 bridgehead atoms. The van der Waals surface area contributed by atoms with Crippen molar-refractivity contribution < 1.29 is 9.59 Å². The van der Waals surface area contributed by atoms with Crippen LogP contribution in [-0.4, -0.2) is 44.7 Å². The van der Waals surface area contributed by atoms with Crippen molar-refractivity contribution in [1.29, 1.82) is 0 Å². The summed E-state index contributed by atoms with van der Waals surface area (Å²) < 4.78 is 0. The van der Waals surface area contributed by atoms with Gasteiger partial charge in [-0.2, -0.15) is 0 Å². The van der Waals surface area contributed by atoms with Crippen LogP contribution in [0.5, 0.6) is 0 Å². The first-order valence-electron chi connectivity index (χ1n) is 17.2. The summed E-state index contributed by atoms with van der Waals surface area (Å²) in [6.07, 6.45) is 4.53. The van der Waals surface area contributed by atoms with Crippen molar-refractivity contribution in [2.24, 2.45) is 0 Å². The maximum atomic E-state index is 13.1. The summed E-state index contributed by atoms with van der Waals surface area (Å²) >= 11 is 3.24. The number of hydrogen-bond acceptors (Lipinski definition) is 6. The molecule has 6 nitrogen and oxygen atoms in total. The Morgan fingerprint density at radius 2 is 1.08 bits per heavy atom. The molecule has 2 heterocycles. The minimum atomic E-state index is 0.130. The van der Waals surface area contributed by atoms with E-state index in [9.17, 15) is 9.59 Å². The van der Waals surface area contributed by atoms with E-state index in [0.717, 1.165) is 66.8 Å². The topological polar surface area (TPSA) is 66.4 Å². The van der Waals surface area contributed by atoms with Gasteiger partial charge < -0.3 is 9.80 Å². The number of aromatic nitrogens is 2. The molecule has 254 valence electrons. The summed E-state index contributed by atoms with van der Waals surface area (Å²) in [5, 5.41) is 3.96. The van der Waals surface area contributed by atoms with E-state index in [-0.39, 0.29) is 11.8 Å². The first-order valence-corrected chi connectivity index (χ1v) is 18.9. The molecular formula is C42H42N4O2S2. The zero-order chi connectivity index (χ0) is 34.7. The van der Waals surface area contributed by atoms with Crippen molar-refractivity contribution in [2.45, 2.75) is 52.6 Å². The Hall–Kier alpha value is -4.92. The number of carbonyl (C=O) groups excluding carboxylic acids is 2. The lowest BCUT2D eigenvalue weighted by atomic mass is 10.0. The molecule has 0 fully saturated rings. The fourth-order valence-electron chi connectivity index (χ4n) is 5.91. The third-order valence-electron chi connectivity index (χ3n) is 8.53. The molecule has 0 saturated heterocycles. The number of nitrogens with zero attached hydrogens (tertiary/aromatic N) is 4. The molecule has 2 amide bonds. The van der Waals surface area contributed by atoms with Gasteiger partial charge >= 0.3 is 0 Å². The van der Waals surface area contributed by atoms with Crippen LogP contribution in [0.4, 0.5) is 0 Å². The van der Waals surface area contributed by atoms with Crippen LogP contribution in [-0.2, 0) is 35.5 Å². The molecule has 0 atom stereocenters. The molecular weight excluding hydrogens is 657 g/mol. The van der Waals surface area contributed by atoms with Crippen molar-refractivity contribution in [3.8, 4) is 32.8 Å². The van der Waals surface area contributed by atoms with E-state index < -0.39 is 0 Å². The van der Waals surface area contributed by atoms with E-state index >= 15 is 0 Å². The van der Waals surface area contributed by atoms with Gasteiger partial charge in [-0.1, -0.05) is 123 Å². The van der Waals surface area contributed by atoms with Crippen LogP contribution in [0.2, 0.25) is 0 Å². The van der Waals surface area contributed by atoms with Crippen LogP contribution in [0.25, 0.3) is 32.8 Å². The van der Waals surface area contributed by atoms with Crippen LogP contribution in [0.1, 0.15) is 47.8 Å².